The standard InChI is InChI=1S/C26H43NO4/c1-16(4-9-23(29)27-15-24(30)31)20-7-8-21-19-6-5-17-14-18(28)10-12-25(17,2)22(19)11-13-26(20,21)3/h16-22,28H,4-15H2,1-3H3,(H,27,29)(H,30,31)/t16-,17-,18-,19?,20-,21?,22?,25+,26-/m1/s1. The van der Waals surface area contributed by atoms with E-state index in [0.29, 0.717) is 35.0 Å². The highest BCUT2D eigenvalue weighted by molar-refractivity contribution is 5.81. The van der Waals surface area contributed by atoms with E-state index in [1.54, 1.807) is 0 Å². The fourth-order valence-corrected chi connectivity index (χ4v) is 9.03. The van der Waals surface area contributed by atoms with Gasteiger partial charge in [-0.3, -0.25) is 9.59 Å². The van der Waals surface area contributed by atoms with Crippen molar-refractivity contribution < 1.29 is 19.8 Å². The summed E-state index contributed by atoms with van der Waals surface area (Å²) in [5.74, 6) is 3.23. The van der Waals surface area contributed by atoms with Gasteiger partial charge in [-0.05, 0) is 111 Å². The van der Waals surface area contributed by atoms with Crippen LogP contribution in [0.1, 0.15) is 91.4 Å². The monoisotopic (exact) mass is 433 g/mol. The Morgan fingerprint density at radius 2 is 1.71 bits per heavy atom. The first-order valence-corrected chi connectivity index (χ1v) is 12.8. The third-order valence-electron chi connectivity index (χ3n) is 10.7. The Morgan fingerprint density at radius 1 is 1.00 bits per heavy atom. The van der Waals surface area contributed by atoms with Gasteiger partial charge in [-0.1, -0.05) is 20.8 Å². The maximum atomic E-state index is 12.0. The van der Waals surface area contributed by atoms with E-state index in [2.05, 4.69) is 26.1 Å². The predicted molar refractivity (Wildman–Crippen MR) is 120 cm³/mol. The number of hydrogen-bond donors (Lipinski definition) is 3. The first kappa shape index (κ1) is 23.1. The number of carboxylic acids is 1. The van der Waals surface area contributed by atoms with E-state index in [4.69, 9.17) is 5.11 Å². The fraction of sp³-hybridized carbons (Fsp3) is 0.923. The number of carboxylic acid groups (broad SMARTS) is 1. The summed E-state index contributed by atoms with van der Waals surface area (Å²) < 4.78 is 0. The molecule has 3 N–H and O–H groups in total. The molecule has 4 aliphatic rings. The predicted octanol–water partition coefficient (Wildman–Crippen LogP) is 4.62. The van der Waals surface area contributed by atoms with Crippen LogP contribution >= 0.6 is 0 Å². The SMILES string of the molecule is C[C@H](CCC(=O)NCC(=O)O)[C@H]1CCC2C3CC[C@@H]4C[C@H](O)CC[C@]4(C)C3CC[C@@]21C. The highest BCUT2D eigenvalue weighted by atomic mass is 16.4. The van der Waals surface area contributed by atoms with E-state index in [1.807, 2.05) is 0 Å². The maximum absolute atomic E-state index is 12.0. The normalized spacial score (nSPS) is 45.2. The highest BCUT2D eigenvalue weighted by Gasteiger charge is 2.60. The van der Waals surface area contributed by atoms with Crippen LogP contribution in [0, 0.1) is 46.3 Å². The Labute approximate surface area is 187 Å². The van der Waals surface area contributed by atoms with Gasteiger partial charge >= 0.3 is 5.97 Å². The lowest BCUT2D eigenvalue weighted by Crippen LogP contribution is -2.54. The van der Waals surface area contributed by atoms with Gasteiger partial charge in [0.05, 0.1) is 6.10 Å². The van der Waals surface area contributed by atoms with Crippen LogP contribution in [-0.2, 0) is 9.59 Å². The zero-order chi connectivity index (χ0) is 22.4. The third kappa shape index (κ3) is 4.16. The van der Waals surface area contributed by atoms with Gasteiger partial charge in [0, 0.05) is 6.42 Å². The van der Waals surface area contributed by atoms with Crippen LogP contribution < -0.4 is 5.32 Å². The second-order valence-corrected chi connectivity index (χ2v) is 12.0. The van der Waals surface area contributed by atoms with Crippen molar-refractivity contribution in [2.75, 3.05) is 6.54 Å². The van der Waals surface area contributed by atoms with Crippen LogP contribution in [0.4, 0.5) is 0 Å². The second kappa shape index (κ2) is 8.68. The Hall–Kier alpha value is -1.10. The van der Waals surface area contributed by atoms with E-state index in [1.165, 1.54) is 44.9 Å². The Morgan fingerprint density at radius 3 is 2.45 bits per heavy atom. The quantitative estimate of drug-likeness (QED) is 0.570. The molecule has 5 nitrogen and oxygen atoms in total. The molecule has 0 heterocycles. The molecule has 4 saturated carbocycles. The molecule has 1 amide bonds. The van der Waals surface area contributed by atoms with Crippen molar-refractivity contribution in [1.29, 1.82) is 0 Å². The minimum Gasteiger partial charge on any atom is -0.480 e. The molecule has 5 heteroatoms. The fourth-order valence-electron chi connectivity index (χ4n) is 9.03. The van der Waals surface area contributed by atoms with Crippen LogP contribution in [0.3, 0.4) is 0 Å². The molecule has 31 heavy (non-hydrogen) atoms. The highest BCUT2D eigenvalue weighted by Crippen LogP contribution is 2.68. The average molecular weight is 434 g/mol. The van der Waals surface area contributed by atoms with E-state index < -0.39 is 5.97 Å². The number of nitrogens with one attached hydrogen (secondary N) is 1. The molecule has 0 aliphatic heterocycles. The molecule has 0 aromatic carbocycles. The van der Waals surface area contributed by atoms with Crippen LogP contribution in [0.5, 0.6) is 0 Å². The maximum Gasteiger partial charge on any atom is 0.322 e. The first-order chi connectivity index (χ1) is 14.6. The van der Waals surface area contributed by atoms with Gasteiger partial charge < -0.3 is 15.5 Å². The number of aliphatic carboxylic acids is 1. The van der Waals surface area contributed by atoms with Crippen LogP contribution in [0.25, 0.3) is 0 Å². The number of aliphatic hydroxyl groups excluding tert-OH is 1. The van der Waals surface area contributed by atoms with Crippen molar-refractivity contribution >= 4 is 11.9 Å². The Balaban J connectivity index is 1.40. The lowest BCUT2D eigenvalue weighted by atomic mass is 9.44. The second-order valence-electron chi connectivity index (χ2n) is 12.0. The van der Waals surface area contributed by atoms with Crippen LogP contribution in [0.15, 0.2) is 0 Å². The molecule has 0 spiro atoms. The first-order valence-electron chi connectivity index (χ1n) is 12.8. The third-order valence-corrected chi connectivity index (χ3v) is 10.7. The molecule has 0 bridgehead atoms. The van der Waals surface area contributed by atoms with E-state index in [-0.39, 0.29) is 18.6 Å². The summed E-state index contributed by atoms with van der Waals surface area (Å²) in [4.78, 5) is 22.7. The minimum absolute atomic E-state index is 0.0760. The molecule has 4 aliphatic carbocycles. The summed E-state index contributed by atoms with van der Waals surface area (Å²) >= 11 is 0. The van der Waals surface area contributed by atoms with Crippen molar-refractivity contribution in [2.24, 2.45) is 46.3 Å². The lowest BCUT2D eigenvalue weighted by Gasteiger charge is -2.61. The molecule has 176 valence electrons. The van der Waals surface area contributed by atoms with E-state index in [9.17, 15) is 14.7 Å². The van der Waals surface area contributed by atoms with Gasteiger partial charge in [-0.2, -0.15) is 0 Å². The summed E-state index contributed by atoms with van der Waals surface area (Å²) in [5.41, 5.74) is 0.810. The Bertz CT molecular complexity index is 695. The van der Waals surface area contributed by atoms with Crippen LogP contribution in [0.2, 0.25) is 0 Å². The van der Waals surface area contributed by atoms with E-state index in [0.717, 1.165) is 37.0 Å². The molecule has 9 atom stereocenters. The van der Waals surface area contributed by atoms with Gasteiger partial charge in [0.2, 0.25) is 5.91 Å². The molecule has 0 aromatic heterocycles. The molecule has 0 aromatic rings. The van der Waals surface area contributed by atoms with Gasteiger partial charge in [-0.25, -0.2) is 0 Å². The largest absolute Gasteiger partial charge is 0.480 e. The molecular formula is C26H43NO4. The molecule has 0 radical (unpaired) electrons. The molecule has 4 rings (SSSR count). The zero-order valence-corrected chi connectivity index (χ0v) is 19.7. The number of amides is 1. The number of aliphatic hydroxyl groups is 1. The van der Waals surface area contributed by atoms with Gasteiger partial charge in [-0.15, -0.1) is 0 Å². The molecule has 4 fully saturated rings. The summed E-state index contributed by atoms with van der Waals surface area (Å²) in [7, 11) is 0. The minimum atomic E-state index is -0.986. The van der Waals surface area contributed by atoms with Crippen LogP contribution in [-0.4, -0.2) is 34.7 Å². The van der Waals surface area contributed by atoms with Gasteiger partial charge in [0.1, 0.15) is 6.54 Å². The average Bonchev–Trinajstić information content (AvgIpc) is 3.08. The smallest absolute Gasteiger partial charge is 0.322 e. The van der Waals surface area contributed by atoms with Crippen molar-refractivity contribution in [3.05, 3.63) is 0 Å². The van der Waals surface area contributed by atoms with Crippen molar-refractivity contribution in [2.45, 2.75) is 97.5 Å². The number of hydrogen-bond acceptors (Lipinski definition) is 3. The summed E-state index contributed by atoms with van der Waals surface area (Å²) in [6.45, 7) is 7.13. The summed E-state index contributed by atoms with van der Waals surface area (Å²) in [6, 6.07) is 0. The molecule has 3 unspecified atom stereocenters. The van der Waals surface area contributed by atoms with Crippen molar-refractivity contribution in [1.82, 2.24) is 5.32 Å². The number of fused-ring (bicyclic) bond motifs is 5. The van der Waals surface area contributed by atoms with Crippen molar-refractivity contribution in [3.8, 4) is 0 Å². The van der Waals surface area contributed by atoms with E-state index >= 15 is 0 Å². The number of carbonyl (C=O) groups is 2. The molecular weight excluding hydrogens is 390 g/mol. The van der Waals surface area contributed by atoms with Gasteiger partial charge in [0.15, 0.2) is 0 Å². The lowest BCUT2D eigenvalue weighted by molar-refractivity contribution is -0.138. The summed E-state index contributed by atoms with van der Waals surface area (Å²) in [6.07, 6.45) is 12.3. The number of carbonyl (C=O) groups excluding carboxylic acids is 1. The number of rotatable bonds is 6. The zero-order valence-electron chi connectivity index (χ0n) is 19.7. The topological polar surface area (TPSA) is 86.6 Å². The Kier molecular flexibility index (Phi) is 6.46. The molecule has 0 saturated heterocycles. The van der Waals surface area contributed by atoms with Crippen molar-refractivity contribution in [3.63, 3.8) is 0 Å². The summed E-state index contributed by atoms with van der Waals surface area (Å²) in [5, 5.41) is 21.5. The van der Waals surface area contributed by atoms with Gasteiger partial charge in [0.25, 0.3) is 0 Å².